The molecule has 69 heavy (non-hydrogen) atoms. The zero-order valence-corrected chi connectivity index (χ0v) is 43.8. The molecule has 0 fully saturated rings. The normalized spacial score (nSPS) is 13.4. The average molecular weight is 949 g/mol. The zero-order chi connectivity index (χ0) is 50.0. The van der Waals surface area contributed by atoms with Crippen LogP contribution in [0.3, 0.4) is 0 Å². The van der Waals surface area contributed by atoms with E-state index in [0.717, 1.165) is 103 Å². The van der Waals surface area contributed by atoms with Crippen molar-refractivity contribution in [2.45, 2.75) is 207 Å². The number of allylic oxidation sites excluding steroid dienone is 25. The van der Waals surface area contributed by atoms with Gasteiger partial charge in [-0.25, -0.2) is 0 Å². The first kappa shape index (κ1) is 64.0. The van der Waals surface area contributed by atoms with Crippen LogP contribution in [0.25, 0.3) is 0 Å². The molecule has 0 N–H and O–H groups in total. The van der Waals surface area contributed by atoms with Crippen molar-refractivity contribution in [1.82, 2.24) is 0 Å². The third kappa shape index (κ3) is 53.8. The van der Waals surface area contributed by atoms with E-state index in [1.54, 1.807) is 6.08 Å². The lowest BCUT2D eigenvalue weighted by atomic mass is 10.1. The lowest BCUT2D eigenvalue weighted by Crippen LogP contribution is -2.30. The van der Waals surface area contributed by atoms with E-state index in [1.807, 2.05) is 18.2 Å². The second-order valence-electron chi connectivity index (χ2n) is 17.0. The standard InChI is InChI=1S/C63H96O6/c1-4-7-10-13-16-19-22-25-28-30-31-33-35-38-41-44-47-50-53-56-62(65)68-59-60(58-67-61(64)55-52-49-46-43-40-37-34-27-24-21-18-15-12-9-6-3)69-63(66)57-54-51-48-45-42-39-36-32-29-26-23-20-17-14-11-8-5-2/h7,9-10,12,16-21,25-29,31,33-34,38,40-41,43,47,49-50,52,60H,4-6,8,11,13-15,22-24,30,32,35-37,39,42,44-46,48,51,53-59H2,1-3H3/b10-7-,12-9-,19-16-,20-17-,21-18-,28-25-,29-26-,33-31-,34-27-,41-38-,43-40-,50-47-,52-49-. The number of ether oxygens (including phenoxy) is 3. The number of carbonyl (C=O) groups excluding carboxylic acids is 3. The molecular weight excluding hydrogens is 853 g/mol. The van der Waals surface area contributed by atoms with Crippen LogP contribution in [0.15, 0.2) is 158 Å². The molecule has 1 atom stereocenters. The summed E-state index contributed by atoms with van der Waals surface area (Å²) in [5.74, 6) is -1.18. The Labute approximate surface area is 422 Å². The van der Waals surface area contributed by atoms with Gasteiger partial charge in [-0.3, -0.25) is 14.4 Å². The summed E-state index contributed by atoms with van der Waals surface area (Å²) in [6.07, 6.45) is 81.2. The molecule has 6 heteroatoms. The SMILES string of the molecule is CC/C=C\C/C=C\C/C=C\C/C=C\C/C=C\C/C=C\CCC(=O)OCC(COC(=O)C/C=C\C/C=C\C/C=C\C/C=C\C/C=C\CC)OC(=O)CCCCCCCCC/C=C\C/C=C\CCCCC. The Morgan fingerprint density at radius 1 is 0.319 bits per heavy atom. The van der Waals surface area contributed by atoms with Gasteiger partial charge in [-0.1, -0.05) is 224 Å². The lowest BCUT2D eigenvalue weighted by Gasteiger charge is -2.18. The van der Waals surface area contributed by atoms with Crippen molar-refractivity contribution in [2.24, 2.45) is 0 Å². The van der Waals surface area contributed by atoms with Gasteiger partial charge in [0, 0.05) is 12.8 Å². The fourth-order valence-corrected chi connectivity index (χ4v) is 6.57. The van der Waals surface area contributed by atoms with Gasteiger partial charge in [0.15, 0.2) is 6.10 Å². The second kappa shape index (κ2) is 55.6. The van der Waals surface area contributed by atoms with Crippen LogP contribution in [0.2, 0.25) is 0 Å². The number of unbranched alkanes of at least 4 members (excludes halogenated alkanes) is 10. The molecule has 0 radical (unpaired) electrons. The Bertz CT molecular complexity index is 1610. The molecule has 0 spiro atoms. The molecule has 0 aromatic carbocycles. The molecule has 0 saturated carbocycles. The monoisotopic (exact) mass is 949 g/mol. The molecule has 0 aliphatic carbocycles. The molecule has 0 aromatic rings. The molecule has 0 aliphatic rings. The van der Waals surface area contributed by atoms with Crippen LogP contribution in [-0.2, 0) is 28.6 Å². The summed E-state index contributed by atoms with van der Waals surface area (Å²) in [5.41, 5.74) is 0. The minimum absolute atomic E-state index is 0.105. The first-order valence-corrected chi connectivity index (χ1v) is 27.0. The van der Waals surface area contributed by atoms with Gasteiger partial charge in [-0.05, 0) is 116 Å². The van der Waals surface area contributed by atoms with Crippen LogP contribution in [-0.4, -0.2) is 37.2 Å². The zero-order valence-electron chi connectivity index (χ0n) is 43.8. The summed E-state index contributed by atoms with van der Waals surface area (Å²) in [5, 5.41) is 0. The highest BCUT2D eigenvalue weighted by atomic mass is 16.6. The third-order valence-electron chi connectivity index (χ3n) is 10.5. The van der Waals surface area contributed by atoms with E-state index in [4.69, 9.17) is 14.2 Å². The predicted octanol–water partition coefficient (Wildman–Crippen LogP) is 18.2. The van der Waals surface area contributed by atoms with Gasteiger partial charge in [-0.2, -0.15) is 0 Å². The quantitative estimate of drug-likeness (QED) is 0.0262. The van der Waals surface area contributed by atoms with E-state index in [1.165, 1.54) is 44.9 Å². The van der Waals surface area contributed by atoms with Crippen molar-refractivity contribution in [3.8, 4) is 0 Å². The largest absolute Gasteiger partial charge is 0.462 e. The topological polar surface area (TPSA) is 78.9 Å². The number of hydrogen-bond acceptors (Lipinski definition) is 6. The number of carbonyl (C=O) groups is 3. The first-order valence-electron chi connectivity index (χ1n) is 27.0. The van der Waals surface area contributed by atoms with Gasteiger partial charge in [0.25, 0.3) is 0 Å². The molecule has 0 heterocycles. The first-order chi connectivity index (χ1) is 34.0. The van der Waals surface area contributed by atoms with E-state index < -0.39 is 12.1 Å². The summed E-state index contributed by atoms with van der Waals surface area (Å²) in [6.45, 7) is 6.20. The van der Waals surface area contributed by atoms with E-state index in [0.29, 0.717) is 12.8 Å². The summed E-state index contributed by atoms with van der Waals surface area (Å²) >= 11 is 0. The average Bonchev–Trinajstić information content (AvgIpc) is 3.35. The predicted molar refractivity (Wildman–Crippen MR) is 297 cm³/mol. The highest BCUT2D eigenvalue weighted by Crippen LogP contribution is 2.12. The fraction of sp³-hybridized carbons (Fsp3) is 0.540. The van der Waals surface area contributed by atoms with Crippen molar-refractivity contribution < 1.29 is 28.6 Å². The minimum Gasteiger partial charge on any atom is -0.462 e. The van der Waals surface area contributed by atoms with Gasteiger partial charge in [-0.15, -0.1) is 0 Å². The van der Waals surface area contributed by atoms with Crippen molar-refractivity contribution in [2.75, 3.05) is 13.2 Å². The van der Waals surface area contributed by atoms with Gasteiger partial charge in [0.05, 0.1) is 6.42 Å². The maximum Gasteiger partial charge on any atom is 0.309 e. The highest BCUT2D eigenvalue weighted by Gasteiger charge is 2.19. The maximum absolute atomic E-state index is 12.8. The molecule has 0 amide bonds. The Kier molecular flexibility index (Phi) is 51.6. The Morgan fingerprint density at radius 3 is 1.07 bits per heavy atom. The van der Waals surface area contributed by atoms with Crippen LogP contribution in [0.1, 0.15) is 201 Å². The van der Waals surface area contributed by atoms with Crippen LogP contribution in [0, 0.1) is 0 Å². The molecule has 384 valence electrons. The Hall–Kier alpha value is -4.97. The lowest BCUT2D eigenvalue weighted by molar-refractivity contribution is -0.166. The van der Waals surface area contributed by atoms with Crippen LogP contribution in [0.4, 0.5) is 0 Å². The smallest absolute Gasteiger partial charge is 0.309 e. The molecule has 0 rings (SSSR count). The Morgan fingerprint density at radius 2 is 0.652 bits per heavy atom. The van der Waals surface area contributed by atoms with Crippen molar-refractivity contribution in [3.63, 3.8) is 0 Å². The highest BCUT2D eigenvalue weighted by molar-refractivity contribution is 5.72. The van der Waals surface area contributed by atoms with Crippen molar-refractivity contribution >= 4 is 17.9 Å². The van der Waals surface area contributed by atoms with Gasteiger partial charge < -0.3 is 14.2 Å². The maximum atomic E-state index is 12.8. The van der Waals surface area contributed by atoms with E-state index in [2.05, 4.69) is 154 Å². The molecule has 0 saturated heterocycles. The summed E-state index contributed by atoms with van der Waals surface area (Å²) in [7, 11) is 0. The molecule has 0 bridgehead atoms. The summed E-state index contributed by atoms with van der Waals surface area (Å²) in [6, 6.07) is 0. The third-order valence-corrected chi connectivity index (χ3v) is 10.5. The van der Waals surface area contributed by atoms with Gasteiger partial charge >= 0.3 is 17.9 Å². The molecular formula is C63H96O6. The molecule has 0 aromatic heterocycles. The van der Waals surface area contributed by atoms with E-state index >= 15 is 0 Å². The van der Waals surface area contributed by atoms with Gasteiger partial charge in [0.1, 0.15) is 13.2 Å². The van der Waals surface area contributed by atoms with Crippen molar-refractivity contribution in [1.29, 1.82) is 0 Å². The summed E-state index contributed by atoms with van der Waals surface area (Å²) < 4.78 is 16.6. The number of esters is 3. The number of rotatable bonds is 46. The van der Waals surface area contributed by atoms with E-state index in [9.17, 15) is 14.4 Å². The fourth-order valence-electron chi connectivity index (χ4n) is 6.57. The van der Waals surface area contributed by atoms with Crippen LogP contribution < -0.4 is 0 Å². The van der Waals surface area contributed by atoms with Gasteiger partial charge in [0.2, 0.25) is 0 Å². The molecule has 0 aliphatic heterocycles. The summed E-state index contributed by atoms with van der Waals surface area (Å²) in [4.78, 5) is 38.0. The van der Waals surface area contributed by atoms with E-state index in [-0.39, 0.29) is 44.4 Å². The molecule has 6 nitrogen and oxygen atoms in total. The second-order valence-corrected chi connectivity index (χ2v) is 17.0. The van der Waals surface area contributed by atoms with Crippen LogP contribution in [0.5, 0.6) is 0 Å². The van der Waals surface area contributed by atoms with Crippen LogP contribution >= 0.6 is 0 Å². The molecule has 1 unspecified atom stereocenters. The Balaban J connectivity index is 4.66. The number of hydrogen-bond donors (Lipinski definition) is 0. The van der Waals surface area contributed by atoms with Crippen molar-refractivity contribution in [3.05, 3.63) is 158 Å². The minimum atomic E-state index is -0.861.